The lowest BCUT2D eigenvalue weighted by molar-refractivity contribution is 0.334. The van der Waals surface area contributed by atoms with Crippen molar-refractivity contribution in [2.45, 2.75) is 22.0 Å². The van der Waals surface area contributed by atoms with Crippen LogP contribution in [0.15, 0.2) is 81.3 Å². The zero-order chi connectivity index (χ0) is 24.4. The Bertz CT molecular complexity index is 1410. The van der Waals surface area contributed by atoms with E-state index in [1.165, 1.54) is 28.7 Å². The number of nitrogens with one attached hydrogen (secondary N) is 1. The van der Waals surface area contributed by atoms with E-state index < -0.39 is 16.9 Å². The summed E-state index contributed by atoms with van der Waals surface area (Å²) in [5, 5.41) is 20.6. The SMILES string of the molecule is FC1=CC=NC(Nc2ccccc2)C1(Cl)c1nnc(SCc2cn(-c3cc(Cl)ccc3Cl)nn2)o1. The van der Waals surface area contributed by atoms with Gasteiger partial charge in [-0.2, -0.15) is 0 Å². The third kappa shape index (κ3) is 4.92. The van der Waals surface area contributed by atoms with Gasteiger partial charge in [0.1, 0.15) is 5.83 Å². The topological polar surface area (TPSA) is 94.0 Å². The molecule has 5 rings (SSSR count). The standard InChI is InChI=1S/C22H15Cl3FN7OS/c23-13-6-7-16(24)17(10-13)33-11-15(29-32-33)12-35-21-31-30-20(34-21)22(25)18(26)8-9-27-19(22)28-14-4-2-1-3-5-14/h1-11,19,28H,12H2. The Morgan fingerprint density at radius 3 is 2.77 bits per heavy atom. The molecule has 0 aliphatic carbocycles. The molecular formula is C22H15Cl3FN7OS. The third-order valence-electron chi connectivity index (χ3n) is 5.01. The number of benzene rings is 2. The summed E-state index contributed by atoms with van der Waals surface area (Å²) in [5.74, 6) is -0.420. The second kappa shape index (κ2) is 9.98. The molecule has 4 aromatic rings. The summed E-state index contributed by atoms with van der Waals surface area (Å²) in [5.41, 5.74) is 1.94. The Morgan fingerprint density at radius 2 is 1.94 bits per heavy atom. The number of anilines is 1. The monoisotopic (exact) mass is 549 g/mol. The van der Waals surface area contributed by atoms with Gasteiger partial charge < -0.3 is 9.73 Å². The minimum atomic E-state index is -1.80. The van der Waals surface area contributed by atoms with Crippen LogP contribution < -0.4 is 5.32 Å². The predicted molar refractivity (Wildman–Crippen MR) is 134 cm³/mol. The van der Waals surface area contributed by atoms with E-state index in [2.05, 4.69) is 30.8 Å². The normalized spacial score (nSPS) is 19.5. The Morgan fingerprint density at radius 1 is 1.11 bits per heavy atom. The van der Waals surface area contributed by atoms with Crippen LogP contribution in [-0.2, 0) is 10.6 Å². The Hall–Kier alpha value is -2.92. The third-order valence-corrected chi connectivity index (χ3v) is 6.97. The second-order valence-corrected chi connectivity index (χ2v) is 9.72. The van der Waals surface area contributed by atoms with E-state index in [-0.39, 0.29) is 11.1 Å². The minimum absolute atomic E-state index is 0.116. The lowest BCUT2D eigenvalue weighted by Crippen LogP contribution is -2.41. The van der Waals surface area contributed by atoms with E-state index in [1.807, 2.05) is 30.3 Å². The van der Waals surface area contributed by atoms with Crippen molar-refractivity contribution >= 4 is 58.5 Å². The molecular weight excluding hydrogens is 536 g/mol. The van der Waals surface area contributed by atoms with Crippen molar-refractivity contribution in [3.8, 4) is 5.69 Å². The number of thioether (sulfide) groups is 1. The highest BCUT2D eigenvalue weighted by atomic mass is 35.5. The zero-order valence-corrected chi connectivity index (χ0v) is 20.7. The molecule has 3 heterocycles. The summed E-state index contributed by atoms with van der Waals surface area (Å²) in [6.07, 6.45) is 3.32. The number of para-hydroxylation sites is 1. The maximum atomic E-state index is 15.0. The van der Waals surface area contributed by atoms with Crippen molar-refractivity contribution in [2.75, 3.05) is 5.32 Å². The summed E-state index contributed by atoms with van der Waals surface area (Å²) in [6, 6.07) is 14.3. The fourth-order valence-electron chi connectivity index (χ4n) is 3.29. The molecule has 1 aliphatic heterocycles. The van der Waals surface area contributed by atoms with Crippen LogP contribution in [0.25, 0.3) is 5.69 Å². The van der Waals surface area contributed by atoms with Gasteiger partial charge in [0.15, 0.2) is 6.17 Å². The smallest absolute Gasteiger partial charge is 0.277 e. The average molecular weight is 551 g/mol. The first-order chi connectivity index (χ1) is 16.9. The number of dihydropyridines is 1. The van der Waals surface area contributed by atoms with E-state index in [4.69, 9.17) is 39.2 Å². The van der Waals surface area contributed by atoms with E-state index in [9.17, 15) is 4.39 Å². The Labute approximate surface area is 218 Å². The van der Waals surface area contributed by atoms with Crippen LogP contribution in [0.3, 0.4) is 0 Å². The summed E-state index contributed by atoms with van der Waals surface area (Å²) in [6.45, 7) is 0. The molecule has 0 spiro atoms. The van der Waals surface area contributed by atoms with Gasteiger partial charge in [0.25, 0.3) is 5.22 Å². The molecule has 0 saturated heterocycles. The highest BCUT2D eigenvalue weighted by Crippen LogP contribution is 2.44. The van der Waals surface area contributed by atoms with E-state index in [1.54, 1.807) is 24.4 Å². The molecule has 2 aromatic heterocycles. The van der Waals surface area contributed by atoms with Crippen LogP contribution in [0.4, 0.5) is 10.1 Å². The first-order valence-electron chi connectivity index (χ1n) is 10.2. The number of aliphatic imine (C=N–C) groups is 1. The summed E-state index contributed by atoms with van der Waals surface area (Å²) < 4.78 is 22.2. The molecule has 0 radical (unpaired) electrons. The molecule has 13 heteroatoms. The molecule has 0 saturated carbocycles. The van der Waals surface area contributed by atoms with Crippen LogP contribution in [-0.4, -0.2) is 37.6 Å². The largest absolute Gasteiger partial charge is 0.413 e. The first kappa shape index (κ1) is 23.8. The van der Waals surface area contributed by atoms with Crippen molar-refractivity contribution in [3.05, 3.63) is 88.3 Å². The Balaban J connectivity index is 1.31. The van der Waals surface area contributed by atoms with Crippen molar-refractivity contribution < 1.29 is 8.81 Å². The highest BCUT2D eigenvalue weighted by molar-refractivity contribution is 7.98. The van der Waals surface area contributed by atoms with Crippen LogP contribution in [0, 0.1) is 0 Å². The van der Waals surface area contributed by atoms with Gasteiger partial charge in [-0.15, -0.1) is 15.3 Å². The number of allylic oxidation sites excluding steroid dienone is 1. The molecule has 178 valence electrons. The maximum Gasteiger partial charge on any atom is 0.277 e. The number of hydrogen-bond acceptors (Lipinski definition) is 8. The summed E-state index contributed by atoms with van der Waals surface area (Å²) >= 11 is 20.2. The molecule has 0 fully saturated rings. The van der Waals surface area contributed by atoms with Gasteiger partial charge in [-0.25, -0.2) is 9.07 Å². The van der Waals surface area contributed by atoms with Gasteiger partial charge in [0.05, 0.1) is 22.6 Å². The van der Waals surface area contributed by atoms with Crippen LogP contribution in [0.5, 0.6) is 0 Å². The number of rotatable bonds is 7. The minimum Gasteiger partial charge on any atom is -0.413 e. The van der Waals surface area contributed by atoms with Gasteiger partial charge in [-0.1, -0.05) is 70.0 Å². The van der Waals surface area contributed by atoms with Gasteiger partial charge in [0.2, 0.25) is 10.8 Å². The van der Waals surface area contributed by atoms with Crippen molar-refractivity contribution in [2.24, 2.45) is 4.99 Å². The molecule has 35 heavy (non-hydrogen) atoms. The lowest BCUT2D eigenvalue weighted by atomic mass is 10.0. The van der Waals surface area contributed by atoms with Gasteiger partial charge in [-0.3, -0.25) is 4.99 Å². The van der Waals surface area contributed by atoms with Crippen molar-refractivity contribution in [1.29, 1.82) is 0 Å². The molecule has 1 aliphatic rings. The predicted octanol–water partition coefficient (Wildman–Crippen LogP) is 6.06. The van der Waals surface area contributed by atoms with Crippen LogP contribution >= 0.6 is 46.6 Å². The number of alkyl halides is 1. The average Bonchev–Trinajstić information content (AvgIpc) is 3.53. The van der Waals surface area contributed by atoms with Crippen molar-refractivity contribution in [1.82, 2.24) is 25.2 Å². The molecule has 2 atom stereocenters. The number of nitrogens with zero attached hydrogens (tertiary/aromatic N) is 6. The van der Waals surface area contributed by atoms with E-state index in [0.29, 0.717) is 32.9 Å². The number of halogens is 4. The van der Waals surface area contributed by atoms with E-state index in [0.717, 1.165) is 0 Å². The van der Waals surface area contributed by atoms with Gasteiger partial charge in [0, 0.05) is 22.7 Å². The highest BCUT2D eigenvalue weighted by Gasteiger charge is 2.49. The molecule has 2 unspecified atom stereocenters. The first-order valence-corrected chi connectivity index (χ1v) is 12.3. The quantitative estimate of drug-likeness (QED) is 0.221. The maximum absolute atomic E-state index is 15.0. The lowest BCUT2D eigenvalue weighted by Gasteiger charge is -2.31. The van der Waals surface area contributed by atoms with Crippen LogP contribution in [0.2, 0.25) is 10.0 Å². The summed E-state index contributed by atoms with van der Waals surface area (Å²) in [7, 11) is 0. The molecule has 2 aromatic carbocycles. The molecule has 1 N–H and O–H groups in total. The molecule has 0 bridgehead atoms. The molecule has 0 amide bonds. The zero-order valence-electron chi connectivity index (χ0n) is 17.6. The van der Waals surface area contributed by atoms with Gasteiger partial charge in [-0.05, 0) is 36.4 Å². The number of hydrogen-bond donors (Lipinski definition) is 1. The summed E-state index contributed by atoms with van der Waals surface area (Å²) in [4.78, 5) is 2.49. The van der Waals surface area contributed by atoms with Gasteiger partial charge >= 0.3 is 0 Å². The van der Waals surface area contributed by atoms with E-state index >= 15 is 0 Å². The second-order valence-electron chi connectivity index (χ2n) is 7.35. The number of aromatic nitrogens is 5. The van der Waals surface area contributed by atoms with Crippen LogP contribution in [0.1, 0.15) is 11.6 Å². The fraction of sp³-hybridized carbons (Fsp3) is 0.136. The fourth-order valence-corrected chi connectivity index (χ4v) is 4.55. The van der Waals surface area contributed by atoms with Crippen molar-refractivity contribution in [3.63, 3.8) is 0 Å². The Kier molecular flexibility index (Phi) is 6.79. The molecule has 8 nitrogen and oxygen atoms in total.